The highest BCUT2D eigenvalue weighted by Crippen LogP contribution is 2.32. The summed E-state index contributed by atoms with van der Waals surface area (Å²) in [6.07, 6.45) is 0. The maximum Gasteiger partial charge on any atom is 0.248 e. The first kappa shape index (κ1) is 15.9. The van der Waals surface area contributed by atoms with Crippen LogP contribution in [-0.4, -0.2) is 5.91 Å². The van der Waals surface area contributed by atoms with Gasteiger partial charge in [0.1, 0.15) is 0 Å². The van der Waals surface area contributed by atoms with Crippen LogP contribution in [0.25, 0.3) is 21.9 Å². The summed E-state index contributed by atoms with van der Waals surface area (Å²) in [5.41, 5.74) is 10.2. The van der Waals surface area contributed by atoms with Crippen LogP contribution in [0.1, 0.15) is 10.4 Å². The van der Waals surface area contributed by atoms with E-state index in [2.05, 4.69) is 29.6 Å². The smallest absolute Gasteiger partial charge is 0.248 e. The third-order valence-corrected chi connectivity index (χ3v) is 4.42. The maximum atomic E-state index is 11.4. The van der Waals surface area contributed by atoms with Gasteiger partial charge in [0, 0.05) is 22.5 Å². The Labute approximate surface area is 152 Å². The van der Waals surface area contributed by atoms with Crippen LogP contribution >= 0.6 is 0 Å². The average Bonchev–Trinajstić information content (AvgIpc) is 2.68. The standard InChI is InChI=1S/C23H18N2O/c24-23(26)19-13-11-16-14-18(12-10-17(16)15-19)21-8-4-5-9-22(21)25-20-6-2-1-3-7-20/h1-15,25H,(H2,24,26). The molecule has 0 bridgehead atoms. The van der Waals surface area contributed by atoms with Crippen molar-refractivity contribution in [2.75, 3.05) is 5.32 Å². The van der Waals surface area contributed by atoms with Gasteiger partial charge in [-0.05, 0) is 52.7 Å². The normalized spacial score (nSPS) is 10.6. The third-order valence-electron chi connectivity index (χ3n) is 4.42. The fourth-order valence-electron chi connectivity index (χ4n) is 3.09. The zero-order valence-electron chi connectivity index (χ0n) is 14.1. The van der Waals surface area contributed by atoms with Crippen molar-refractivity contribution in [1.82, 2.24) is 0 Å². The summed E-state index contributed by atoms with van der Waals surface area (Å²) in [5, 5.41) is 5.55. The van der Waals surface area contributed by atoms with Gasteiger partial charge in [0.05, 0.1) is 0 Å². The first-order valence-corrected chi connectivity index (χ1v) is 8.46. The Bertz CT molecular complexity index is 1090. The van der Waals surface area contributed by atoms with E-state index in [1.165, 1.54) is 0 Å². The van der Waals surface area contributed by atoms with Crippen LogP contribution in [0, 0.1) is 0 Å². The minimum atomic E-state index is -0.409. The highest BCUT2D eigenvalue weighted by Gasteiger charge is 2.07. The minimum absolute atomic E-state index is 0.409. The Morgan fingerprint density at radius 3 is 2.23 bits per heavy atom. The molecule has 126 valence electrons. The molecule has 0 aliphatic rings. The number of hydrogen-bond acceptors (Lipinski definition) is 2. The third kappa shape index (κ3) is 3.15. The molecule has 3 N–H and O–H groups in total. The summed E-state index contributed by atoms with van der Waals surface area (Å²) in [6, 6.07) is 30.1. The van der Waals surface area contributed by atoms with E-state index in [4.69, 9.17) is 5.73 Å². The molecule has 3 heteroatoms. The molecule has 0 saturated heterocycles. The Hall–Kier alpha value is -3.59. The molecule has 0 heterocycles. The van der Waals surface area contributed by atoms with Crippen LogP contribution in [0.15, 0.2) is 91.0 Å². The van der Waals surface area contributed by atoms with Crippen molar-refractivity contribution in [2.24, 2.45) is 5.73 Å². The number of anilines is 2. The zero-order valence-corrected chi connectivity index (χ0v) is 14.1. The molecule has 0 atom stereocenters. The molecule has 0 saturated carbocycles. The minimum Gasteiger partial charge on any atom is -0.366 e. The van der Waals surface area contributed by atoms with Crippen molar-refractivity contribution in [2.45, 2.75) is 0 Å². The van der Waals surface area contributed by atoms with Crippen molar-refractivity contribution in [3.8, 4) is 11.1 Å². The molecular weight excluding hydrogens is 320 g/mol. The van der Waals surface area contributed by atoms with Crippen molar-refractivity contribution in [1.29, 1.82) is 0 Å². The van der Waals surface area contributed by atoms with Gasteiger partial charge >= 0.3 is 0 Å². The Morgan fingerprint density at radius 2 is 1.42 bits per heavy atom. The lowest BCUT2D eigenvalue weighted by Gasteiger charge is -2.13. The second kappa shape index (κ2) is 6.73. The number of primary amides is 1. The molecular formula is C23H18N2O. The summed E-state index contributed by atoms with van der Waals surface area (Å²) < 4.78 is 0. The van der Waals surface area contributed by atoms with Crippen molar-refractivity contribution >= 4 is 28.1 Å². The van der Waals surface area contributed by atoms with Crippen LogP contribution in [0.2, 0.25) is 0 Å². The molecule has 4 aromatic rings. The number of fused-ring (bicyclic) bond motifs is 1. The second-order valence-corrected chi connectivity index (χ2v) is 6.18. The largest absolute Gasteiger partial charge is 0.366 e. The summed E-state index contributed by atoms with van der Waals surface area (Å²) in [6.45, 7) is 0. The van der Waals surface area contributed by atoms with Crippen molar-refractivity contribution < 1.29 is 4.79 Å². The Kier molecular flexibility index (Phi) is 4.12. The number of rotatable bonds is 4. The summed E-state index contributed by atoms with van der Waals surface area (Å²) in [4.78, 5) is 11.4. The highest BCUT2D eigenvalue weighted by molar-refractivity contribution is 5.99. The molecule has 0 radical (unpaired) electrons. The van der Waals surface area contributed by atoms with Gasteiger partial charge in [0.15, 0.2) is 0 Å². The van der Waals surface area contributed by atoms with Crippen LogP contribution in [0.5, 0.6) is 0 Å². The molecule has 0 fully saturated rings. The lowest BCUT2D eigenvalue weighted by molar-refractivity contribution is 0.100. The Morgan fingerprint density at radius 1 is 0.731 bits per heavy atom. The summed E-state index contributed by atoms with van der Waals surface area (Å²) in [7, 11) is 0. The van der Waals surface area contributed by atoms with Gasteiger partial charge in [-0.2, -0.15) is 0 Å². The number of carbonyl (C=O) groups is 1. The summed E-state index contributed by atoms with van der Waals surface area (Å²) in [5.74, 6) is -0.409. The quantitative estimate of drug-likeness (QED) is 0.527. The molecule has 0 spiro atoms. The van der Waals surface area contributed by atoms with Crippen molar-refractivity contribution in [3.63, 3.8) is 0 Å². The first-order chi connectivity index (χ1) is 12.7. The van der Waals surface area contributed by atoms with Gasteiger partial charge in [-0.3, -0.25) is 4.79 Å². The first-order valence-electron chi connectivity index (χ1n) is 8.46. The molecule has 3 nitrogen and oxygen atoms in total. The number of nitrogens with two attached hydrogens (primary N) is 1. The number of hydrogen-bond donors (Lipinski definition) is 2. The van der Waals surface area contributed by atoms with E-state index in [1.54, 1.807) is 6.07 Å². The molecule has 0 unspecified atom stereocenters. The van der Waals surface area contributed by atoms with E-state index < -0.39 is 5.91 Å². The average molecular weight is 338 g/mol. The highest BCUT2D eigenvalue weighted by atomic mass is 16.1. The van der Waals surface area contributed by atoms with Gasteiger partial charge in [-0.15, -0.1) is 0 Å². The fraction of sp³-hybridized carbons (Fsp3) is 0. The van der Waals surface area contributed by atoms with E-state index in [0.29, 0.717) is 5.56 Å². The zero-order chi connectivity index (χ0) is 17.9. The summed E-state index contributed by atoms with van der Waals surface area (Å²) >= 11 is 0. The number of para-hydroxylation sites is 2. The second-order valence-electron chi connectivity index (χ2n) is 6.18. The molecule has 0 aliphatic heterocycles. The van der Waals surface area contributed by atoms with Gasteiger partial charge in [-0.25, -0.2) is 0 Å². The SMILES string of the molecule is NC(=O)c1ccc2cc(-c3ccccc3Nc3ccccc3)ccc2c1. The van der Waals surface area contributed by atoms with Crippen LogP contribution in [0.4, 0.5) is 11.4 Å². The lowest BCUT2D eigenvalue weighted by atomic mass is 9.98. The van der Waals surface area contributed by atoms with E-state index in [1.807, 2.05) is 60.7 Å². The fourth-order valence-corrected chi connectivity index (χ4v) is 3.09. The van der Waals surface area contributed by atoms with Gasteiger partial charge in [0.2, 0.25) is 5.91 Å². The van der Waals surface area contributed by atoms with Crippen molar-refractivity contribution in [3.05, 3.63) is 96.6 Å². The molecule has 0 aliphatic carbocycles. The van der Waals surface area contributed by atoms with Crippen LogP contribution in [-0.2, 0) is 0 Å². The van der Waals surface area contributed by atoms with Gasteiger partial charge in [-0.1, -0.05) is 54.6 Å². The molecule has 4 rings (SSSR count). The molecule has 0 aromatic heterocycles. The monoisotopic (exact) mass is 338 g/mol. The van der Waals surface area contributed by atoms with E-state index in [9.17, 15) is 4.79 Å². The maximum absolute atomic E-state index is 11.4. The predicted molar refractivity (Wildman–Crippen MR) is 108 cm³/mol. The number of carbonyl (C=O) groups excluding carboxylic acids is 1. The molecule has 4 aromatic carbocycles. The van der Waals surface area contributed by atoms with Gasteiger partial charge < -0.3 is 11.1 Å². The van der Waals surface area contributed by atoms with Gasteiger partial charge in [0.25, 0.3) is 0 Å². The lowest BCUT2D eigenvalue weighted by Crippen LogP contribution is -2.10. The Balaban J connectivity index is 1.75. The predicted octanol–water partition coefficient (Wildman–Crippen LogP) is 5.35. The number of nitrogens with one attached hydrogen (secondary N) is 1. The van der Waals surface area contributed by atoms with Crippen LogP contribution in [0.3, 0.4) is 0 Å². The molecule has 26 heavy (non-hydrogen) atoms. The van der Waals surface area contributed by atoms with E-state index in [0.717, 1.165) is 33.3 Å². The molecule has 1 amide bonds. The topological polar surface area (TPSA) is 55.1 Å². The number of benzene rings is 4. The number of amides is 1. The van der Waals surface area contributed by atoms with E-state index in [-0.39, 0.29) is 0 Å². The van der Waals surface area contributed by atoms with E-state index >= 15 is 0 Å². The van der Waals surface area contributed by atoms with Crippen LogP contribution < -0.4 is 11.1 Å².